The second kappa shape index (κ2) is 2.04. The van der Waals surface area contributed by atoms with Gasteiger partial charge in [0.05, 0.1) is 5.56 Å². The molecule has 0 saturated carbocycles. The maximum Gasteiger partial charge on any atom is 0.264 e. The summed E-state index contributed by atoms with van der Waals surface area (Å²) in [5.41, 5.74) is 1.50. The van der Waals surface area contributed by atoms with Gasteiger partial charge in [-0.15, -0.1) is 0 Å². The highest BCUT2D eigenvalue weighted by Crippen LogP contribution is 2.28. The zero-order valence-electron chi connectivity index (χ0n) is 6.64. The zero-order valence-corrected chi connectivity index (χ0v) is 6.64. The Morgan fingerprint density at radius 1 is 1.23 bits per heavy atom. The zero-order chi connectivity index (χ0) is 8.84. The lowest BCUT2D eigenvalue weighted by Gasteiger charge is -1.91. The van der Waals surface area contributed by atoms with Crippen LogP contribution < -0.4 is 0 Å². The van der Waals surface area contributed by atoms with E-state index < -0.39 is 0 Å². The van der Waals surface area contributed by atoms with E-state index in [4.69, 9.17) is 0 Å². The largest absolute Gasteiger partial charge is 0.268 e. The Bertz CT molecular complexity index is 501. The van der Waals surface area contributed by atoms with Crippen molar-refractivity contribution in [1.82, 2.24) is 14.5 Å². The van der Waals surface area contributed by atoms with Crippen LogP contribution in [0.3, 0.4) is 0 Å². The molecule has 2 aromatic heterocycles. The van der Waals surface area contributed by atoms with Crippen molar-refractivity contribution in [3.8, 4) is 11.4 Å². The minimum atomic E-state index is -0.0232. The summed E-state index contributed by atoms with van der Waals surface area (Å²) >= 11 is 0. The van der Waals surface area contributed by atoms with E-state index in [0.29, 0.717) is 11.4 Å². The third-order valence-corrected chi connectivity index (χ3v) is 2.15. The molecule has 0 radical (unpaired) electrons. The molecule has 3 heterocycles. The van der Waals surface area contributed by atoms with E-state index >= 15 is 0 Å². The predicted molar refractivity (Wildman–Crippen MR) is 45.2 cm³/mol. The molecular formula is C9H5N3O. The van der Waals surface area contributed by atoms with Gasteiger partial charge in [0, 0.05) is 30.4 Å². The fraction of sp³-hybridized carbons (Fsp3) is 0. The number of hydrogen-bond acceptors (Lipinski definition) is 3. The van der Waals surface area contributed by atoms with Crippen molar-refractivity contribution in [2.45, 2.75) is 0 Å². The van der Waals surface area contributed by atoms with Gasteiger partial charge in [-0.2, -0.15) is 0 Å². The number of pyridine rings is 1. The third-order valence-electron chi connectivity index (χ3n) is 2.15. The molecule has 4 nitrogen and oxygen atoms in total. The van der Waals surface area contributed by atoms with Gasteiger partial charge in [0.2, 0.25) is 0 Å². The van der Waals surface area contributed by atoms with Crippen LogP contribution in [0.2, 0.25) is 0 Å². The Kier molecular flexibility index (Phi) is 1.02. The van der Waals surface area contributed by atoms with Gasteiger partial charge in [-0.3, -0.25) is 14.3 Å². The smallest absolute Gasteiger partial charge is 0.264 e. The Morgan fingerprint density at radius 3 is 3.08 bits per heavy atom. The highest BCUT2D eigenvalue weighted by molar-refractivity contribution is 6.07. The molecule has 3 rings (SSSR count). The monoisotopic (exact) mass is 171 g/mol. The van der Waals surface area contributed by atoms with Gasteiger partial charge in [-0.05, 0) is 6.07 Å². The first-order chi connectivity index (χ1) is 6.38. The number of carbonyl (C=O) groups excluding carboxylic acids is 1. The molecule has 0 atom stereocenters. The molecule has 1 aliphatic heterocycles. The Labute approximate surface area is 73.9 Å². The van der Waals surface area contributed by atoms with Crippen LogP contribution in [0.1, 0.15) is 10.4 Å². The lowest BCUT2D eigenvalue weighted by Crippen LogP contribution is -2.03. The van der Waals surface area contributed by atoms with Crippen molar-refractivity contribution < 1.29 is 4.79 Å². The van der Waals surface area contributed by atoms with Crippen molar-refractivity contribution >= 4 is 5.91 Å². The topological polar surface area (TPSA) is 47.8 Å². The third kappa shape index (κ3) is 0.672. The molecule has 0 aliphatic carbocycles. The van der Waals surface area contributed by atoms with Crippen LogP contribution in [0.15, 0.2) is 30.9 Å². The molecule has 0 bridgehead atoms. The van der Waals surface area contributed by atoms with Crippen molar-refractivity contribution in [2.24, 2.45) is 0 Å². The minimum Gasteiger partial charge on any atom is -0.268 e. The van der Waals surface area contributed by atoms with E-state index in [-0.39, 0.29) is 5.91 Å². The molecule has 62 valence electrons. The van der Waals surface area contributed by atoms with Crippen LogP contribution in [0, 0.1) is 0 Å². The highest BCUT2D eigenvalue weighted by Gasteiger charge is 2.26. The maximum absolute atomic E-state index is 11.6. The molecule has 13 heavy (non-hydrogen) atoms. The summed E-state index contributed by atoms with van der Waals surface area (Å²) < 4.78 is 1.53. The normalized spacial score (nSPS) is 12.8. The van der Waals surface area contributed by atoms with Crippen LogP contribution in [-0.4, -0.2) is 20.4 Å². The van der Waals surface area contributed by atoms with Crippen LogP contribution >= 0.6 is 0 Å². The molecule has 0 saturated heterocycles. The quantitative estimate of drug-likeness (QED) is 0.506. The van der Waals surface area contributed by atoms with E-state index in [9.17, 15) is 4.79 Å². The van der Waals surface area contributed by atoms with Crippen LogP contribution in [-0.2, 0) is 0 Å². The Hall–Kier alpha value is -1.97. The standard InChI is InChI=1S/C9H5N3O/c13-9-6-1-2-10-5-7(6)8-11-3-4-12(8)9/h1-5H. The average Bonchev–Trinajstić information content (AvgIpc) is 2.72. The second-order valence-corrected chi connectivity index (χ2v) is 2.85. The molecule has 0 unspecified atom stereocenters. The summed E-state index contributed by atoms with van der Waals surface area (Å²) in [7, 11) is 0. The van der Waals surface area contributed by atoms with Gasteiger partial charge >= 0.3 is 0 Å². The molecule has 0 fully saturated rings. The summed E-state index contributed by atoms with van der Waals surface area (Å²) in [4.78, 5) is 19.7. The van der Waals surface area contributed by atoms with Crippen molar-refractivity contribution in [3.05, 3.63) is 36.4 Å². The SMILES string of the molecule is O=C1c2ccncc2-c2nccn21. The molecule has 0 spiro atoms. The summed E-state index contributed by atoms with van der Waals surface area (Å²) in [5, 5.41) is 0. The van der Waals surface area contributed by atoms with Gasteiger partial charge in [0.25, 0.3) is 5.91 Å². The van der Waals surface area contributed by atoms with Crippen LogP contribution in [0.25, 0.3) is 11.4 Å². The van der Waals surface area contributed by atoms with Crippen LogP contribution in [0.4, 0.5) is 0 Å². The first-order valence-corrected chi connectivity index (χ1v) is 3.90. The molecule has 4 heteroatoms. The fourth-order valence-corrected chi connectivity index (χ4v) is 1.56. The van der Waals surface area contributed by atoms with E-state index in [1.54, 1.807) is 30.9 Å². The number of aromatic nitrogens is 3. The predicted octanol–water partition coefficient (Wildman–Crippen LogP) is 0.947. The number of imidazole rings is 1. The van der Waals surface area contributed by atoms with Gasteiger partial charge < -0.3 is 0 Å². The second-order valence-electron chi connectivity index (χ2n) is 2.85. The Balaban J connectivity index is 2.43. The van der Waals surface area contributed by atoms with E-state index in [1.807, 2.05) is 0 Å². The molecule has 0 amide bonds. The van der Waals surface area contributed by atoms with Crippen LogP contribution in [0.5, 0.6) is 0 Å². The fourth-order valence-electron chi connectivity index (χ4n) is 1.56. The average molecular weight is 171 g/mol. The van der Waals surface area contributed by atoms with Gasteiger partial charge in [-0.25, -0.2) is 4.98 Å². The molecule has 2 aromatic rings. The lowest BCUT2D eigenvalue weighted by molar-refractivity contribution is 0.0969. The molecule has 0 N–H and O–H groups in total. The number of nitrogens with zero attached hydrogens (tertiary/aromatic N) is 3. The van der Waals surface area contributed by atoms with Gasteiger partial charge in [-0.1, -0.05) is 0 Å². The minimum absolute atomic E-state index is 0.0232. The molecule has 1 aliphatic rings. The summed E-state index contributed by atoms with van der Waals surface area (Å²) in [6.07, 6.45) is 6.56. The van der Waals surface area contributed by atoms with Crippen molar-refractivity contribution in [1.29, 1.82) is 0 Å². The highest BCUT2D eigenvalue weighted by atomic mass is 16.2. The molecule has 0 aromatic carbocycles. The lowest BCUT2D eigenvalue weighted by atomic mass is 10.2. The van der Waals surface area contributed by atoms with Gasteiger partial charge in [0.15, 0.2) is 0 Å². The van der Waals surface area contributed by atoms with Crippen molar-refractivity contribution in [2.75, 3.05) is 0 Å². The molecular weight excluding hydrogens is 166 g/mol. The van der Waals surface area contributed by atoms with E-state index in [1.165, 1.54) is 4.57 Å². The van der Waals surface area contributed by atoms with E-state index in [2.05, 4.69) is 9.97 Å². The number of carbonyl (C=O) groups is 1. The summed E-state index contributed by atoms with van der Waals surface area (Å²) in [5.74, 6) is 0.665. The van der Waals surface area contributed by atoms with Crippen molar-refractivity contribution in [3.63, 3.8) is 0 Å². The summed E-state index contributed by atoms with van der Waals surface area (Å²) in [6.45, 7) is 0. The maximum atomic E-state index is 11.6. The van der Waals surface area contributed by atoms with E-state index in [0.717, 1.165) is 5.56 Å². The number of hydrogen-bond donors (Lipinski definition) is 0. The first kappa shape index (κ1) is 6.54. The number of fused-ring (bicyclic) bond motifs is 3. The number of rotatable bonds is 0. The van der Waals surface area contributed by atoms with Gasteiger partial charge in [0.1, 0.15) is 5.82 Å². The Morgan fingerprint density at radius 2 is 2.15 bits per heavy atom. The first-order valence-electron chi connectivity index (χ1n) is 3.90. The summed E-state index contributed by atoms with van der Waals surface area (Å²) in [6, 6.07) is 1.71.